The Bertz CT molecular complexity index is 848. The Morgan fingerprint density at radius 2 is 1.88 bits per heavy atom. The highest BCUT2D eigenvalue weighted by molar-refractivity contribution is 5.95. The number of benzene rings is 2. The number of fused-ring (bicyclic) bond motifs is 1. The Morgan fingerprint density at radius 1 is 1.12 bits per heavy atom. The number of amides is 1. The number of hydrogen-bond acceptors (Lipinski definition) is 3. The van der Waals surface area contributed by atoms with Crippen molar-refractivity contribution in [2.24, 2.45) is 5.92 Å². The average Bonchev–Trinajstić information content (AvgIpc) is 3.24. The highest BCUT2D eigenvalue weighted by atomic mass is 16.5. The zero-order valence-electron chi connectivity index (χ0n) is 14.6. The lowest BCUT2D eigenvalue weighted by Gasteiger charge is -2.17. The average molecular weight is 351 g/mol. The molecule has 1 amide bonds. The first kappa shape index (κ1) is 16.6. The highest BCUT2D eigenvalue weighted by Gasteiger charge is 2.40. The summed E-state index contributed by atoms with van der Waals surface area (Å²) in [5, 5.41) is 9.62. The lowest BCUT2D eigenvalue weighted by molar-refractivity contribution is -0.141. The third-order valence-electron chi connectivity index (χ3n) is 5.29. The number of aliphatic carboxylic acids is 1. The number of hydrogen-bond donors (Lipinski definition) is 1. The van der Waals surface area contributed by atoms with E-state index in [2.05, 4.69) is 0 Å². The van der Waals surface area contributed by atoms with Gasteiger partial charge in [-0.3, -0.25) is 9.59 Å². The van der Waals surface area contributed by atoms with E-state index in [9.17, 15) is 14.7 Å². The maximum absolute atomic E-state index is 13.0. The number of carbonyl (C=O) groups excluding carboxylic acids is 1. The van der Waals surface area contributed by atoms with Crippen molar-refractivity contribution in [2.75, 3.05) is 13.1 Å². The summed E-state index contributed by atoms with van der Waals surface area (Å²) in [4.78, 5) is 26.4. The molecular weight excluding hydrogens is 330 g/mol. The predicted molar refractivity (Wildman–Crippen MR) is 96.4 cm³/mol. The van der Waals surface area contributed by atoms with Crippen molar-refractivity contribution < 1.29 is 19.4 Å². The molecule has 26 heavy (non-hydrogen) atoms. The summed E-state index contributed by atoms with van der Waals surface area (Å²) in [5.74, 6) is -0.905. The van der Waals surface area contributed by atoms with Crippen LogP contribution in [0.4, 0.5) is 0 Å². The van der Waals surface area contributed by atoms with Gasteiger partial charge < -0.3 is 14.7 Å². The van der Waals surface area contributed by atoms with Gasteiger partial charge in [-0.2, -0.15) is 0 Å². The van der Waals surface area contributed by atoms with Gasteiger partial charge in [0.25, 0.3) is 5.91 Å². The van der Waals surface area contributed by atoms with Gasteiger partial charge in [-0.1, -0.05) is 30.3 Å². The largest absolute Gasteiger partial charge is 0.490 e. The van der Waals surface area contributed by atoms with Gasteiger partial charge in [-0.25, -0.2) is 0 Å². The molecule has 3 atom stereocenters. The minimum atomic E-state index is -0.856. The maximum Gasteiger partial charge on any atom is 0.308 e. The molecule has 2 heterocycles. The number of ether oxygens (including phenoxy) is 1. The summed E-state index contributed by atoms with van der Waals surface area (Å²) in [7, 11) is 0. The molecule has 0 spiro atoms. The van der Waals surface area contributed by atoms with Gasteiger partial charge in [-0.15, -0.1) is 0 Å². The van der Waals surface area contributed by atoms with Crippen LogP contribution in [0.5, 0.6) is 5.75 Å². The van der Waals surface area contributed by atoms with Gasteiger partial charge in [0.15, 0.2) is 0 Å². The molecule has 0 radical (unpaired) electrons. The van der Waals surface area contributed by atoms with Crippen molar-refractivity contribution in [2.45, 2.75) is 25.4 Å². The fourth-order valence-electron chi connectivity index (χ4n) is 4.00. The molecule has 4 rings (SSSR count). The normalized spacial score (nSPS) is 24.2. The fourth-order valence-corrected chi connectivity index (χ4v) is 4.00. The molecule has 0 saturated carbocycles. The summed E-state index contributed by atoms with van der Waals surface area (Å²) >= 11 is 0. The van der Waals surface area contributed by atoms with E-state index in [0.29, 0.717) is 12.1 Å². The van der Waals surface area contributed by atoms with Gasteiger partial charge in [0.2, 0.25) is 0 Å². The number of carbonyl (C=O) groups is 2. The van der Waals surface area contributed by atoms with E-state index in [4.69, 9.17) is 4.74 Å². The van der Waals surface area contributed by atoms with Crippen molar-refractivity contribution in [3.8, 4) is 5.75 Å². The molecule has 2 aliphatic rings. The van der Waals surface area contributed by atoms with Crippen LogP contribution in [-0.2, 0) is 11.2 Å². The van der Waals surface area contributed by atoms with Crippen LogP contribution in [-0.4, -0.2) is 41.1 Å². The van der Waals surface area contributed by atoms with Crippen molar-refractivity contribution in [1.82, 2.24) is 4.90 Å². The van der Waals surface area contributed by atoms with E-state index in [1.165, 1.54) is 0 Å². The van der Waals surface area contributed by atoms with E-state index in [1.807, 2.05) is 49.4 Å². The fraction of sp³-hybridized carbons (Fsp3) is 0.333. The molecule has 134 valence electrons. The van der Waals surface area contributed by atoms with E-state index >= 15 is 0 Å². The lowest BCUT2D eigenvalue weighted by atomic mass is 9.89. The minimum absolute atomic E-state index is 0.114. The van der Waals surface area contributed by atoms with Gasteiger partial charge in [0.05, 0.1) is 5.92 Å². The SMILES string of the molecule is CC1Cc2cc(C(=O)N3C[C@H](C(=O)O)[C@@H](c4ccccc4)C3)ccc2O1. The first-order valence-electron chi connectivity index (χ1n) is 8.89. The molecule has 2 aliphatic heterocycles. The Balaban J connectivity index is 1.58. The smallest absolute Gasteiger partial charge is 0.308 e. The third-order valence-corrected chi connectivity index (χ3v) is 5.29. The maximum atomic E-state index is 13.0. The second-order valence-corrected chi connectivity index (χ2v) is 7.13. The second kappa shape index (κ2) is 6.48. The molecule has 1 saturated heterocycles. The van der Waals surface area contributed by atoms with E-state index in [-0.39, 0.29) is 24.5 Å². The molecule has 0 aliphatic carbocycles. The Labute approximate surface area is 152 Å². The zero-order chi connectivity index (χ0) is 18.3. The molecule has 0 aromatic heterocycles. The van der Waals surface area contributed by atoms with E-state index < -0.39 is 11.9 Å². The molecular formula is C21H21NO4. The van der Waals surface area contributed by atoms with Crippen molar-refractivity contribution >= 4 is 11.9 Å². The monoisotopic (exact) mass is 351 g/mol. The number of nitrogens with zero attached hydrogens (tertiary/aromatic N) is 1. The molecule has 5 heteroatoms. The van der Waals surface area contributed by atoms with Crippen LogP contribution in [0.15, 0.2) is 48.5 Å². The number of carboxylic acids is 1. The van der Waals surface area contributed by atoms with Crippen molar-refractivity contribution in [1.29, 1.82) is 0 Å². The first-order chi connectivity index (χ1) is 12.5. The molecule has 2 aromatic rings. The molecule has 1 fully saturated rings. The van der Waals surface area contributed by atoms with Crippen LogP contribution in [0.25, 0.3) is 0 Å². The van der Waals surface area contributed by atoms with E-state index in [0.717, 1.165) is 23.3 Å². The van der Waals surface area contributed by atoms with Crippen LogP contribution in [0.1, 0.15) is 34.3 Å². The Morgan fingerprint density at radius 3 is 2.62 bits per heavy atom. The quantitative estimate of drug-likeness (QED) is 0.923. The van der Waals surface area contributed by atoms with Crippen LogP contribution >= 0.6 is 0 Å². The lowest BCUT2D eigenvalue weighted by Crippen LogP contribution is -2.29. The van der Waals surface area contributed by atoms with E-state index in [1.54, 1.807) is 11.0 Å². The van der Waals surface area contributed by atoms with Crippen LogP contribution in [0, 0.1) is 5.92 Å². The summed E-state index contributed by atoms with van der Waals surface area (Å²) in [6.45, 7) is 2.66. The number of carboxylic acid groups (broad SMARTS) is 1. The summed E-state index contributed by atoms with van der Waals surface area (Å²) in [6, 6.07) is 15.1. The van der Waals surface area contributed by atoms with Crippen LogP contribution < -0.4 is 4.74 Å². The Hall–Kier alpha value is -2.82. The van der Waals surface area contributed by atoms with Crippen LogP contribution in [0.3, 0.4) is 0 Å². The molecule has 2 aromatic carbocycles. The summed E-state index contributed by atoms with van der Waals surface area (Å²) < 4.78 is 5.69. The molecule has 0 bridgehead atoms. The summed E-state index contributed by atoms with van der Waals surface area (Å²) in [5.41, 5.74) is 2.60. The van der Waals surface area contributed by atoms with Crippen molar-refractivity contribution in [3.63, 3.8) is 0 Å². The minimum Gasteiger partial charge on any atom is -0.490 e. The highest BCUT2D eigenvalue weighted by Crippen LogP contribution is 2.35. The predicted octanol–water partition coefficient (Wildman–Crippen LogP) is 2.95. The third kappa shape index (κ3) is 2.94. The summed E-state index contributed by atoms with van der Waals surface area (Å²) in [6.07, 6.45) is 0.918. The number of likely N-dealkylation sites (tertiary alicyclic amines) is 1. The first-order valence-corrected chi connectivity index (χ1v) is 8.89. The van der Waals surface area contributed by atoms with Gasteiger partial charge in [0.1, 0.15) is 11.9 Å². The van der Waals surface area contributed by atoms with Crippen molar-refractivity contribution in [3.05, 3.63) is 65.2 Å². The molecule has 5 nitrogen and oxygen atoms in total. The molecule has 1 N–H and O–H groups in total. The molecule has 1 unspecified atom stereocenters. The van der Waals surface area contributed by atoms with Gasteiger partial charge in [0, 0.05) is 31.0 Å². The van der Waals surface area contributed by atoms with Gasteiger partial charge in [-0.05, 0) is 36.2 Å². The number of rotatable bonds is 3. The second-order valence-electron chi connectivity index (χ2n) is 7.13. The zero-order valence-corrected chi connectivity index (χ0v) is 14.6. The van der Waals surface area contributed by atoms with Gasteiger partial charge >= 0.3 is 5.97 Å². The standard InChI is InChI=1S/C21H21NO4/c1-13-9-16-10-15(7-8-19(16)26-13)20(23)22-11-17(18(12-22)21(24)25)14-5-3-2-4-6-14/h2-8,10,13,17-18H,9,11-12H2,1H3,(H,24,25)/t13?,17-,18+/m1/s1. The van der Waals surface area contributed by atoms with Crippen LogP contribution in [0.2, 0.25) is 0 Å². The topological polar surface area (TPSA) is 66.8 Å². The Kier molecular flexibility index (Phi) is 4.15.